The van der Waals surface area contributed by atoms with E-state index in [9.17, 15) is 4.79 Å². The molecule has 0 aromatic rings. The molecule has 1 fully saturated rings. The van der Waals surface area contributed by atoms with Crippen LogP contribution < -0.4 is 11.5 Å². The predicted molar refractivity (Wildman–Crippen MR) is 72.9 cm³/mol. The smallest absolute Gasteiger partial charge is 0.237 e. The normalized spacial score (nSPS) is 33.7. The summed E-state index contributed by atoms with van der Waals surface area (Å²) in [6.45, 7) is 8.22. The molecule has 1 rings (SSSR count). The maximum absolute atomic E-state index is 11.2. The lowest BCUT2D eigenvalue weighted by Crippen LogP contribution is -2.51. The van der Waals surface area contributed by atoms with Gasteiger partial charge in [0.05, 0.1) is 17.7 Å². The Morgan fingerprint density at radius 3 is 2.50 bits per heavy atom. The molecule has 0 bridgehead atoms. The largest absolute Gasteiger partial charge is 0.375 e. The third kappa shape index (κ3) is 4.25. The molecule has 5 atom stereocenters. The van der Waals surface area contributed by atoms with E-state index in [1.165, 1.54) is 6.42 Å². The number of nitrogens with two attached hydrogens (primary N) is 2. The molecule has 0 spiro atoms. The van der Waals surface area contributed by atoms with Gasteiger partial charge in [-0.3, -0.25) is 4.79 Å². The van der Waals surface area contributed by atoms with Crippen LogP contribution in [0.3, 0.4) is 0 Å². The highest BCUT2D eigenvalue weighted by Crippen LogP contribution is 2.32. The van der Waals surface area contributed by atoms with Gasteiger partial charge in [0.15, 0.2) is 0 Å². The number of amides is 1. The molecule has 1 amide bonds. The zero-order valence-electron chi connectivity index (χ0n) is 12.1. The number of rotatable bonds is 5. The predicted octanol–water partition coefficient (Wildman–Crippen LogP) is 1.81. The summed E-state index contributed by atoms with van der Waals surface area (Å²) in [4.78, 5) is 11.2. The van der Waals surface area contributed by atoms with Crippen molar-refractivity contribution in [2.24, 2.45) is 23.3 Å². The summed E-state index contributed by atoms with van der Waals surface area (Å²) in [7, 11) is 0. The Morgan fingerprint density at radius 1 is 1.39 bits per heavy atom. The average molecular weight is 256 g/mol. The molecular weight excluding hydrogens is 228 g/mol. The standard InChI is InChI=1S/C14H28N2O2/c1-9-5-6-12(7-10(9)2)18-11(3)8-14(4,16)13(15)17/h9-12H,5-8,16H2,1-4H3,(H2,15,17). The van der Waals surface area contributed by atoms with Gasteiger partial charge >= 0.3 is 0 Å². The second-order valence-electron chi connectivity index (χ2n) is 6.32. The van der Waals surface area contributed by atoms with Crippen LogP contribution >= 0.6 is 0 Å². The minimum atomic E-state index is -0.979. The van der Waals surface area contributed by atoms with Crippen LogP contribution in [0.1, 0.15) is 53.4 Å². The van der Waals surface area contributed by atoms with E-state index in [0.29, 0.717) is 18.4 Å². The van der Waals surface area contributed by atoms with Crippen LogP contribution in [-0.4, -0.2) is 23.7 Å². The SMILES string of the molecule is CC(CC(C)(N)C(N)=O)OC1CCC(C)C(C)C1. The second-order valence-corrected chi connectivity index (χ2v) is 6.32. The van der Waals surface area contributed by atoms with Gasteiger partial charge in [0.25, 0.3) is 0 Å². The van der Waals surface area contributed by atoms with Gasteiger partial charge in [0.1, 0.15) is 0 Å². The molecule has 106 valence electrons. The van der Waals surface area contributed by atoms with Gasteiger partial charge in [0, 0.05) is 0 Å². The van der Waals surface area contributed by atoms with Crippen LogP contribution in [0.5, 0.6) is 0 Å². The van der Waals surface area contributed by atoms with Crippen LogP contribution in [0.4, 0.5) is 0 Å². The van der Waals surface area contributed by atoms with Crippen molar-refractivity contribution in [2.75, 3.05) is 0 Å². The minimum absolute atomic E-state index is 0.0295. The molecule has 0 aromatic heterocycles. The highest BCUT2D eigenvalue weighted by molar-refractivity contribution is 5.83. The number of ether oxygens (including phenoxy) is 1. The molecule has 5 unspecified atom stereocenters. The van der Waals surface area contributed by atoms with Gasteiger partial charge in [0.2, 0.25) is 5.91 Å². The Bertz CT molecular complexity index is 292. The third-order valence-electron chi connectivity index (χ3n) is 4.25. The van der Waals surface area contributed by atoms with Crippen molar-refractivity contribution in [2.45, 2.75) is 71.1 Å². The van der Waals surface area contributed by atoms with Crippen LogP contribution in [0, 0.1) is 11.8 Å². The van der Waals surface area contributed by atoms with E-state index < -0.39 is 11.4 Å². The number of hydrogen-bond donors (Lipinski definition) is 2. The first-order valence-electron chi connectivity index (χ1n) is 6.96. The van der Waals surface area contributed by atoms with Crippen LogP contribution in [0.15, 0.2) is 0 Å². The lowest BCUT2D eigenvalue weighted by Gasteiger charge is -2.35. The van der Waals surface area contributed by atoms with E-state index in [4.69, 9.17) is 16.2 Å². The summed E-state index contributed by atoms with van der Waals surface area (Å²) in [6.07, 6.45) is 4.17. The van der Waals surface area contributed by atoms with Crippen LogP contribution in [-0.2, 0) is 9.53 Å². The first kappa shape index (κ1) is 15.4. The number of primary amides is 1. The molecule has 4 nitrogen and oxygen atoms in total. The molecule has 18 heavy (non-hydrogen) atoms. The van der Waals surface area contributed by atoms with Crippen molar-refractivity contribution < 1.29 is 9.53 Å². The van der Waals surface area contributed by atoms with Gasteiger partial charge in [-0.25, -0.2) is 0 Å². The summed E-state index contributed by atoms with van der Waals surface area (Å²) in [5, 5.41) is 0. The molecule has 4 heteroatoms. The topological polar surface area (TPSA) is 78.3 Å². The zero-order valence-corrected chi connectivity index (χ0v) is 12.1. The number of carbonyl (C=O) groups is 1. The Balaban J connectivity index is 2.41. The lowest BCUT2D eigenvalue weighted by molar-refractivity contribution is -0.125. The quantitative estimate of drug-likeness (QED) is 0.787. The third-order valence-corrected chi connectivity index (χ3v) is 4.25. The molecular formula is C14H28N2O2. The van der Waals surface area contributed by atoms with Gasteiger partial charge in [-0.05, 0) is 51.4 Å². The fourth-order valence-electron chi connectivity index (χ4n) is 2.70. The van der Waals surface area contributed by atoms with Gasteiger partial charge < -0.3 is 16.2 Å². The van der Waals surface area contributed by atoms with Crippen molar-refractivity contribution in [1.29, 1.82) is 0 Å². The molecule has 1 aliphatic carbocycles. The van der Waals surface area contributed by atoms with Gasteiger partial charge in [-0.15, -0.1) is 0 Å². The van der Waals surface area contributed by atoms with E-state index in [1.807, 2.05) is 6.92 Å². The summed E-state index contributed by atoms with van der Waals surface area (Å²) >= 11 is 0. The summed E-state index contributed by atoms with van der Waals surface area (Å²) < 4.78 is 6.01. The Labute approximate surface area is 110 Å². The minimum Gasteiger partial charge on any atom is -0.375 e. The van der Waals surface area contributed by atoms with Crippen LogP contribution in [0.2, 0.25) is 0 Å². The summed E-state index contributed by atoms with van der Waals surface area (Å²) in [6, 6.07) is 0. The molecule has 0 radical (unpaired) electrons. The van der Waals surface area contributed by atoms with Crippen molar-refractivity contribution in [3.63, 3.8) is 0 Å². The highest BCUT2D eigenvalue weighted by atomic mass is 16.5. The van der Waals surface area contributed by atoms with E-state index in [0.717, 1.165) is 18.8 Å². The van der Waals surface area contributed by atoms with Crippen molar-refractivity contribution in [3.8, 4) is 0 Å². The van der Waals surface area contributed by atoms with E-state index in [1.54, 1.807) is 6.92 Å². The summed E-state index contributed by atoms with van der Waals surface area (Å²) in [5.41, 5.74) is 10.2. The lowest BCUT2D eigenvalue weighted by atomic mass is 9.80. The maximum Gasteiger partial charge on any atom is 0.237 e. The maximum atomic E-state index is 11.2. The monoisotopic (exact) mass is 256 g/mol. The van der Waals surface area contributed by atoms with Crippen LogP contribution in [0.25, 0.3) is 0 Å². The van der Waals surface area contributed by atoms with Gasteiger partial charge in [-0.2, -0.15) is 0 Å². The highest BCUT2D eigenvalue weighted by Gasteiger charge is 2.31. The Kier molecular flexibility index (Phi) is 5.17. The summed E-state index contributed by atoms with van der Waals surface area (Å²) in [5.74, 6) is 1.02. The molecule has 0 saturated heterocycles. The number of carbonyl (C=O) groups excluding carboxylic acids is 1. The molecule has 1 aliphatic rings. The second kappa shape index (κ2) is 6.02. The Hall–Kier alpha value is -0.610. The molecule has 0 aromatic carbocycles. The first-order valence-corrected chi connectivity index (χ1v) is 6.96. The van der Waals surface area contributed by atoms with Crippen molar-refractivity contribution in [1.82, 2.24) is 0 Å². The van der Waals surface area contributed by atoms with E-state index in [-0.39, 0.29) is 6.10 Å². The van der Waals surface area contributed by atoms with Crippen molar-refractivity contribution >= 4 is 5.91 Å². The zero-order chi connectivity index (χ0) is 13.9. The molecule has 1 saturated carbocycles. The van der Waals surface area contributed by atoms with E-state index in [2.05, 4.69) is 13.8 Å². The molecule has 4 N–H and O–H groups in total. The first-order chi connectivity index (χ1) is 8.22. The fraction of sp³-hybridized carbons (Fsp3) is 0.929. The Morgan fingerprint density at radius 2 is 2.00 bits per heavy atom. The molecule has 0 heterocycles. The average Bonchev–Trinajstić information content (AvgIpc) is 2.22. The molecule has 0 aliphatic heterocycles. The number of hydrogen-bond acceptors (Lipinski definition) is 3. The van der Waals surface area contributed by atoms with Gasteiger partial charge in [-0.1, -0.05) is 13.8 Å². The fourth-order valence-corrected chi connectivity index (χ4v) is 2.70. The van der Waals surface area contributed by atoms with Crippen molar-refractivity contribution in [3.05, 3.63) is 0 Å². The van der Waals surface area contributed by atoms with E-state index >= 15 is 0 Å².